The highest BCUT2D eigenvalue weighted by Crippen LogP contribution is 2.30. The normalized spacial score (nSPS) is 18.7. The average Bonchev–Trinajstić information content (AvgIpc) is 3.66. The fourth-order valence-electron chi connectivity index (χ4n) is 8.72. The zero-order valence-electron chi connectivity index (χ0n) is 39.9. The highest BCUT2D eigenvalue weighted by Gasteiger charge is 2.43. The van der Waals surface area contributed by atoms with Gasteiger partial charge in [0.25, 0.3) is 0 Å². The summed E-state index contributed by atoms with van der Waals surface area (Å²) in [6.07, 6.45) is 2.06. The van der Waals surface area contributed by atoms with Crippen LogP contribution >= 0.6 is 0 Å². The monoisotopic (exact) mass is 860 g/mol. The van der Waals surface area contributed by atoms with Gasteiger partial charge in [-0.2, -0.15) is 0 Å². The Morgan fingerprint density at radius 2 is 1.54 bits per heavy atom. The summed E-state index contributed by atoms with van der Waals surface area (Å²) in [5.41, 5.74) is 0.146. The predicted molar refractivity (Wildman–Crippen MR) is 239 cm³/mol. The maximum absolute atomic E-state index is 14.4. The van der Waals surface area contributed by atoms with Crippen LogP contribution in [-0.4, -0.2) is 145 Å². The van der Waals surface area contributed by atoms with Crippen LogP contribution in [0.1, 0.15) is 113 Å². The lowest BCUT2D eigenvalue weighted by Crippen LogP contribution is -2.57. The molecular formula is C47H81N5O9. The van der Waals surface area contributed by atoms with E-state index in [2.05, 4.69) is 43.2 Å². The van der Waals surface area contributed by atoms with E-state index in [0.717, 1.165) is 18.4 Å². The van der Waals surface area contributed by atoms with Crippen molar-refractivity contribution in [3.8, 4) is 0 Å². The fourth-order valence-corrected chi connectivity index (χ4v) is 8.72. The summed E-state index contributed by atoms with van der Waals surface area (Å²) in [4.78, 5) is 72.6. The first kappa shape index (κ1) is 53.5. The second kappa shape index (κ2) is 25.5. The van der Waals surface area contributed by atoms with Gasteiger partial charge in [-0.3, -0.25) is 29.0 Å². The van der Waals surface area contributed by atoms with Gasteiger partial charge in [0.05, 0.1) is 36.6 Å². The molecule has 1 aromatic carbocycles. The maximum atomic E-state index is 14.4. The summed E-state index contributed by atoms with van der Waals surface area (Å²) in [6, 6.07) is 7.42. The molecule has 0 spiro atoms. The van der Waals surface area contributed by atoms with Crippen LogP contribution in [0.3, 0.4) is 0 Å². The van der Waals surface area contributed by atoms with Crippen molar-refractivity contribution in [1.29, 1.82) is 0 Å². The first-order valence-corrected chi connectivity index (χ1v) is 22.4. The number of carboxylic acids is 1. The first-order chi connectivity index (χ1) is 28.6. The van der Waals surface area contributed by atoms with E-state index in [1.807, 2.05) is 68.1 Å². The lowest BCUT2D eigenvalue weighted by atomic mass is 9.89. The Bertz CT molecular complexity index is 1520. The minimum Gasteiger partial charge on any atom is -0.481 e. The van der Waals surface area contributed by atoms with Gasteiger partial charge in [0.15, 0.2) is 0 Å². The van der Waals surface area contributed by atoms with E-state index in [1.165, 1.54) is 0 Å². The van der Waals surface area contributed by atoms with Gasteiger partial charge in [-0.1, -0.05) is 85.2 Å². The summed E-state index contributed by atoms with van der Waals surface area (Å²) in [7, 11) is 7.08. The number of carboxylic acid groups (broad SMARTS) is 1. The molecule has 2 rings (SSSR count). The summed E-state index contributed by atoms with van der Waals surface area (Å²) in [5, 5.41) is 15.4. The molecule has 0 saturated carbocycles. The highest BCUT2D eigenvalue weighted by atomic mass is 16.6. The summed E-state index contributed by atoms with van der Waals surface area (Å²) >= 11 is 0. The van der Waals surface area contributed by atoms with Crippen LogP contribution < -0.4 is 10.6 Å². The number of likely N-dealkylation sites (tertiary alicyclic amines) is 1. The van der Waals surface area contributed by atoms with Crippen molar-refractivity contribution in [2.75, 3.05) is 47.9 Å². The minimum absolute atomic E-state index is 0.00962. The molecule has 1 aromatic rings. The molecule has 1 heterocycles. The van der Waals surface area contributed by atoms with Gasteiger partial charge in [-0.15, -0.1) is 0 Å². The largest absolute Gasteiger partial charge is 0.481 e. The van der Waals surface area contributed by atoms with Crippen LogP contribution in [0.15, 0.2) is 30.3 Å². The number of nitrogens with one attached hydrogen (secondary N) is 2. The molecule has 0 aromatic heterocycles. The Morgan fingerprint density at radius 3 is 2.07 bits per heavy atom. The van der Waals surface area contributed by atoms with Crippen molar-refractivity contribution in [2.24, 2.45) is 23.7 Å². The Labute approximate surface area is 367 Å². The SMILES string of the molecule is CC[C@H](C)[C@@H]([C@H](CC(=O)N1CCC[C@H]1[C@H](OC)[C@@H](C)C(=O)N[C@@H](Cc1ccccc1)C(=O)OC(C)(C)C)OC)N(C)C[C@@H](NC(=O)[C@H](C(C)C)N(C)CCCC(=O)O)C(C)C. The number of carbonyl (C=O) groups excluding carboxylic acids is 4. The van der Waals surface area contributed by atoms with Crippen LogP contribution in [0, 0.1) is 23.7 Å². The van der Waals surface area contributed by atoms with Crippen LogP contribution in [0.5, 0.6) is 0 Å². The number of amides is 3. The van der Waals surface area contributed by atoms with Crippen molar-refractivity contribution in [3.63, 3.8) is 0 Å². The Balaban J connectivity index is 2.26. The van der Waals surface area contributed by atoms with E-state index in [9.17, 15) is 24.0 Å². The molecule has 9 atom stereocenters. The molecule has 14 nitrogen and oxygen atoms in total. The number of likely N-dealkylation sites (N-methyl/N-ethyl adjacent to an activating group) is 2. The minimum atomic E-state index is -0.913. The maximum Gasteiger partial charge on any atom is 0.329 e. The Morgan fingerprint density at radius 1 is 0.902 bits per heavy atom. The zero-order valence-corrected chi connectivity index (χ0v) is 39.9. The van der Waals surface area contributed by atoms with Crippen LogP contribution in [-0.2, 0) is 44.6 Å². The van der Waals surface area contributed by atoms with Gasteiger partial charge < -0.3 is 34.9 Å². The third-order valence-electron chi connectivity index (χ3n) is 12.2. The van der Waals surface area contributed by atoms with Crippen molar-refractivity contribution >= 4 is 29.7 Å². The standard InChI is InChI=1S/C47H81N5O9/c1-15-32(6)42(51(12)29-36(30(2)3)49-45(57)41(31(4)5)50(11)25-20-24-40(54)55)38(59-13)28-39(53)52-26-19-23-37(52)43(60-14)33(7)44(56)48-35(46(58)61-47(8,9)10)27-34-21-17-16-18-22-34/h16-18,21-22,30-33,35-38,41-43H,15,19-20,23-29H2,1-14H3,(H,48,56)(H,49,57)(H,54,55)/t32-,33+,35-,36+,37-,38-,41-,42-,43+/m0/s1. The third-order valence-corrected chi connectivity index (χ3v) is 12.2. The summed E-state index contributed by atoms with van der Waals surface area (Å²) < 4.78 is 17.9. The van der Waals surface area contributed by atoms with Crippen molar-refractivity contribution in [2.45, 2.75) is 162 Å². The van der Waals surface area contributed by atoms with E-state index in [0.29, 0.717) is 32.5 Å². The van der Waals surface area contributed by atoms with Gasteiger partial charge in [-0.05, 0) is 84.0 Å². The van der Waals surface area contributed by atoms with Crippen molar-refractivity contribution in [3.05, 3.63) is 35.9 Å². The van der Waals surface area contributed by atoms with E-state index in [4.69, 9.17) is 19.3 Å². The van der Waals surface area contributed by atoms with Gasteiger partial charge >= 0.3 is 11.9 Å². The van der Waals surface area contributed by atoms with Crippen LogP contribution in [0.2, 0.25) is 0 Å². The topological polar surface area (TPSA) is 167 Å². The number of hydrogen-bond acceptors (Lipinski definition) is 10. The van der Waals surface area contributed by atoms with E-state index >= 15 is 0 Å². The Kier molecular flexibility index (Phi) is 22.4. The molecule has 3 N–H and O–H groups in total. The fraction of sp³-hybridized carbons (Fsp3) is 0.766. The molecule has 1 aliphatic heterocycles. The first-order valence-electron chi connectivity index (χ1n) is 22.4. The van der Waals surface area contributed by atoms with Gasteiger partial charge in [-0.25, -0.2) is 4.79 Å². The predicted octanol–water partition coefficient (Wildman–Crippen LogP) is 5.41. The number of hydrogen-bond donors (Lipinski definition) is 3. The highest BCUT2D eigenvalue weighted by molar-refractivity contribution is 5.86. The Hall–Kier alpha value is -3.59. The molecule has 0 radical (unpaired) electrons. The lowest BCUT2D eigenvalue weighted by Gasteiger charge is -2.41. The zero-order chi connectivity index (χ0) is 46.2. The van der Waals surface area contributed by atoms with E-state index in [-0.39, 0.29) is 72.9 Å². The van der Waals surface area contributed by atoms with Crippen LogP contribution in [0.25, 0.3) is 0 Å². The summed E-state index contributed by atoms with van der Waals surface area (Å²) in [6.45, 7) is 21.1. The second-order valence-electron chi connectivity index (χ2n) is 18.9. The van der Waals surface area contributed by atoms with Gasteiger partial charge in [0.1, 0.15) is 11.6 Å². The molecule has 0 unspecified atom stereocenters. The smallest absolute Gasteiger partial charge is 0.329 e. The summed E-state index contributed by atoms with van der Waals surface area (Å²) in [5.74, 6) is -2.34. The molecule has 61 heavy (non-hydrogen) atoms. The number of aliphatic carboxylic acids is 1. The third kappa shape index (κ3) is 16.9. The number of rotatable bonds is 26. The molecule has 348 valence electrons. The van der Waals surface area contributed by atoms with Gasteiger partial charge in [0, 0.05) is 52.2 Å². The van der Waals surface area contributed by atoms with Crippen molar-refractivity contribution in [1.82, 2.24) is 25.3 Å². The number of ether oxygens (including phenoxy) is 3. The molecule has 1 aliphatic rings. The number of esters is 1. The lowest BCUT2D eigenvalue weighted by molar-refractivity contribution is -0.159. The number of nitrogens with zero attached hydrogens (tertiary/aromatic N) is 3. The average molecular weight is 860 g/mol. The molecule has 14 heteroatoms. The molecule has 1 saturated heterocycles. The van der Waals surface area contributed by atoms with Gasteiger partial charge in [0.2, 0.25) is 17.7 Å². The number of carbonyl (C=O) groups is 5. The molecule has 1 fully saturated rings. The molecule has 0 bridgehead atoms. The number of benzene rings is 1. The number of methoxy groups -OCH3 is 2. The second-order valence-corrected chi connectivity index (χ2v) is 18.9. The van der Waals surface area contributed by atoms with E-state index < -0.39 is 47.7 Å². The van der Waals surface area contributed by atoms with E-state index in [1.54, 1.807) is 41.9 Å². The quantitative estimate of drug-likeness (QED) is 0.102. The van der Waals surface area contributed by atoms with Crippen LogP contribution in [0.4, 0.5) is 0 Å². The van der Waals surface area contributed by atoms with Crippen molar-refractivity contribution < 1.29 is 43.3 Å². The molecule has 3 amide bonds. The molecular weight excluding hydrogens is 779 g/mol. The molecule has 0 aliphatic carbocycles.